The Morgan fingerprint density at radius 3 is 2.30 bits per heavy atom. The van der Waals surface area contributed by atoms with Crippen LogP contribution in [-0.2, 0) is 0 Å². The van der Waals surface area contributed by atoms with Crippen molar-refractivity contribution in [1.82, 2.24) is 0 Å². The predicted octanol–water partition coefficient (Wildman–Crippen LogP) is 5.05. The first kappa shape index (κ1) is 21.1. The first-order valence-corrected chi connectivity index (χ1v) is 11.3. The highest BCUT2D eigenvalue weighted by Gasteiger charge is 2.43. The molecule has 3 N–H and O–H groups in total. The van der Waals surface area contributed by atoms with Crippen LogP contribution in [0.15, 0.2) is 23.3 Å². The Labute approximate surface area is 165 Å². The molecule has 0 heterocycles. The van der Waals surface area contributed by atoms with Gasteiger partial charge in [0, 0.05) is 0 Å². The largest absolute Gasteiger partial charge is 0.393 e. The van der Waals surface area contributed by atoms with Gasteiger partial charge in [0.15, 0.2) is 0 Å². The second kappa shape index (κ2) is 8.80. The monoisotopic (exact) mass is 376 g/mol. The average molecular weight is 377 g/mol. The molecule has 1 spiro atoms. The maximum absolute atomic E-state index is 10.1. The molecular formula is C24H40O3. The summed E-state index contributed by atoms with van der Waals surface area (Å²) in [7, 11) is 0. The second-order valence-electron chi connectivity index (χ2n) is 10.2. The van der Waals surface area contributed by atoms with Crippen molar-refractivity contribution in [1.29, 1.82) is 0 Å². The lowest BCUT2D eigenvalue weighted by Crippen LogP contribution is -2.25. The van der Waals surface area contributed by atoms with Gasteiger partial charge in [-0.05, 0) is 83.0 Å². The van der Waals surface area contributed by atoms with Crippen LogP contribution in [0.1, 0.15) is 97.3 Å². The molecule has 0 amide bonds. The Hall–Kier alpha value is -0.640. The first-order valence-electron chi connectivity index (χ1n) is 11.3. The standard InChI is InChI=1S/C24H40O3/c1-23(2,27)11-6-7-19-10-14-24(12-4-3-5-13-24)22(19)9-8-18-15-20(25)17-21(26)16-18/h8-9,19-21,25-27H,3-7,10-17H2,1-2H3/b18-8?,22-9+/t19-,20?,21?/m1/s1. The molecule has 3 atom stereocenters. The topological polar surface area (TPSA) is 60.7 Å². The van der Waals surface area contributed by atoms with Gasteiger partial charge in [-0.2, -0.15) is 0 Å². The molecule has 154 valence electrons. The molecule has 3 saturated carbocycles. The maximum atomic E-state index is 10.1. The number of aliphatic hydroxyl groups excluding tert-OH is 2. The van der Waals surface area contributed by atoms with E-state index in [9.17, 15) is 15.3 Å². The van der Waals surface area contributed by atoms with Gasteiger partial charge in [0.05, 0.1) is 17.8 Å². The van der Waals surface area contributed by atoms with Gasteiger partial charge in [-0.25, -0.2) is 0 Å². The third-order valence-electron chi connectivity index (χ3n) is 7.21. The average Bonchev–Trinajstić information content (AvgIpc) is 2.89. The maximum Gasteiger partial charge on any atom is 0.0602 e. The fraction of sp³-hybridized carbons (Fsp3) is 0.833. The van der Waals surface area contributed by atoms with Crippen LogP contribution in [0, 0.1) is 11.3 Å². The fourth-order valence-electron chi connectivity index (χ4n) is 5.86. The second-order valence-corrected chi connectivity index (χ2v) is 10.2. The molecular weight excluding hydrogens is 336 g/mol. The highest BCUT2D eigenvalue weighted by atomic mass is 16.3. The smallest absolute Gasteiger partial charge is 0.0602 e. The Morgan fingerprint density at radius 2 is 1.67 bits per heavy atom. The normalized spacial score (nSPS) is 33.0. The zero-order chi connectivity index (χ0) is 19.5. The Bertz CT molecular complexity index is 536. The summed E-state index contributed by atoms with van der Waals surface area (Å²) in [5.41, 5.74) is 2.67. The molecule has 0 radical (unpaired) electrons. The van der Waals surface area contributed by atoms with Crippen molar-refractivity contribution in [2.24, 2.45) is 11.3 Å². The molecule has 2 unspecified atom stereocenters. The molecule has 3 rings (SSSR count). The predicted molar refractivity (Wildman–Crippen MR) is 110 cm³/mol. The lowest BCUT2D eigenvalue weighted by Gasteiger charge is -2.36. The minimum Gasteiger partial charge on any atom is -0.393 e. The lowest BCUT2D eigenvalue weighted by atomic mass is 9.69. The lowest BCUT2D eigenvalue weighted by molar-refractivity contribution is 0.0609. The van der Waals surface area contributed by atoms with Crippen molar-refractivity contribution in [2.45, 2.75) is 115 Å². The molecule has 27 heavy (non-hydrogen) atoms. The third kappa shape index (κ3) is 5.68. The van der Waals surface area contributed by atoms with Crippen molar-refractivity contribution < 1.29 is 15.3 Å². The van der Waals surface area contributed by atoms with E-state index in [1.807, 2.05) is 13.8 Å². The molecule has 0 bridgehead atoms. The van der Waals surface area contributed by atoms with Crippen LogP contribution in [0.4, 0.5) is 0 Å². The molecule has 0 aromatic rings. The number of hydrogen-bond donors (Lipinski definition) is 3. The molecule has 3 aliphatic carbocycles. The fourth-order valence-corrected chi connectivity index (χ4v) is 5.86. The number of rotatable bonds is 5. The van der Waals surface area contributed by atoms with E-state index in [4.69, 9.17) is 0 Å². The van der Waals surface area contributed by atoms with Crippen LogP contribution in [0.5, 0.6) is 0 Å². The number of allylic oxidation sites excluding steroid dienone is 3. The molecule has 3 heteroatoms. The van der Waals surface area contributed by atoms with Crippen molar-refractivity contribution in [2.75, 3.05) is 0 Å². The van der Waals surface area contributed by atoms with E-state index in [2.05, 4.69) is 12.2 Å². The van der Waals surface area contributed by atoms with Crippen LogP contribution >= 0.6 is 0 Å². The van der Waals surface area contributed by atoms with Gasteiger partial charge < -0.3 is 15.3 Å². The molecule has 0 aliphatic heterocycles. The number of hydrogen-bond acceptors (Lipinski definition) is 3. The van der Waals surface area contributed by atoms with E-state index >= 15 is 0 Å². The minimum absolute atomic E-state index is 0.395. The number of aliphatic hydroxyl groups is 3. The van der Waals surface area contributed by atoms with E-state index in [1.54, 1.807) is 5.57 Å². The van der Waals surface area contributed by atoms with Crippen LogP contribution in [0.2, 0.25) is 0 Å². The van der Waals surface area contributed by atoms with E-state index < -0.39 is 17.8 Å². The Kier molecular flexibility index (Phi) is 6.87. The van der Waals surface area contributed by atoms with Crippen LogP contribution < -0.4 is 0 Å². The SMILES string of the molecule is CC(C)(O)CCC[C@@H]1CCC2(CCCCC2)/C1=C/C=C1CC(O)CC(O)C1. The summed E-state index contributed by atoms with van der Waals surface area (Å²) >= 11 is 0. The molecule has 3 nitrogen and oxygen atoms in total. The summed E-state index contributed by atoms with van der Waals surface area (Å²) in [6, 6.07) is 0. The Balaban J connectivity index is 1.75. The van der Waals surface area contributed by atoms with Gasteiger partial charge >= 0.3 is 0 Å². The summed E-state index contributed by atoms with van der Waals surface area (Å²) in [6.07, 6.45) is 18.2. The third-order valence-corrected chi connectivity index (χ3v) is 7.21. The Morgan fingerprint density at radius 1 is 1.00 bits per heavy atom. The van der Waals surface area contributed by atoms with Crippen molar-refractivity contribution >= 4 is 0 Å². The van der Waals surface area contributed by atoms with Gasteiger partial charge in [-0.1, -0.05) is 49.0 Å². The summed E-state index contributed by atoms with van der Waals surface area (Å²) in [5.74, 6) is 0.640. The summed E-state index contributed by atoms with van der Waals surface area (Å²) < 4.78 is 0. The van der Waals surface area contributed by atoms with Gasteiger partial charge in [0.25, 0.3) is 0 Å². The van der Waals surface area contributed by atoms with Crippen LogP contribution in [0.25, 0.3) is 0 Å². The van der Waals surface area contributed by atoms with Gasteiger partial charge in [0.2, 0.25) is 0 Å². The molecule has 0 aromatic carbocycles. The van der Waals surface area contributed by atoms with Gasteiger partial charge in [-0.3, -0.25) is 0 Å². The summed E-state index contributed by atoms with van der Waals surface area (Å²) in [4.78, 5) is 0. The van der Waals surface area contributed by atoms with Crippen molar-refractivity contribution in [3.05, 3.63) is 23.3 Å². The van der Waals surface area contributed by atoms with E-state index in [-0.39, 0.29) is 0 Å². The summed E-state index contributed by atoms with van der Waals surface area (Å²) in [5, 5.41) is 30.0. The van der Waals surface area contributed by atoms with Crippen LogP contribution in [-0.4, -0.2) is 33.1 Å². The molecule has 3 fully saturated rings. The first-order chi connectivity index (χ1) is 12.8. The van der Waals surface area contributed by atoms with Crippen LogP contribution in [0.3, 0.4) is 0 Å². The van der Waals surface area contributed by atoms with Gasteiger partial charge in [0.1, 0.15) is 0 Å². The van der Waals surface area contributed by atoms with E-state index in [1.165, 1.54) is 56.9 Å². The zero-order valence-corrected chi connectivity index (χ0v) is 17.4. The quantitative estimate of drug-likeness (QED) is 0.629. The van der Waals surface area contributed by atoms with Crippen molar-refractivity contribution in [3.63, 3.8) is 0 Å². The minimum atomic E-state index is -0.568. The molecule has 3 aliphatic rings. The molecule has 0 saturated heterocycles. The highest BCUT2D eigenvalue weighted by molar-refractivity contribution is 5.30. The summed E-state index contributed by atoms with van der Waals surface area (Å²) in [6.45, 7) is 3.82. The van der Waals surface area contributed by atoms with E-state index in [0.717, 1.165) is 12.8 Å². The van der Waals surface area contributed by atoms with Gasteiger partial charge in [-0.15, -0.1) is 0 Å². The molecule has 0 aromatic heterocycles. The van der Waals surface area contributed by atoms with E-state index in [0.29, 0.717) is 30.6 Å². The highest BCUT2D eigenvalue weighted by Crippen LogP contribution is 2.56. The zero-order valence-electron chi connectivity index (χ0n) is 17.4. The van der Waals surface area contributed by atoms with Crippen molar-refractivity contribution in [3.8, 4) is 0 Å².